The molecule has 0 fully saturated rings. The van der Waals surface area contributed by atoms with Gasteiger partial charge in [0.15, 0.2) is 6.10 Å². The van der Waals surface area contributed by atoms with Crippen LogP contribution < -0.4 is 5.73 Å². The van der Waals surface area contributed by atoms with Gasteiger partial charge in [-0.3, -0.25) is 23.4 Å². The van der Waals surface area contributed by atoms with E-state index in [1.165, 1.54) is 154 Å². The van der Waals surface area contributed by atoms with Gasteiger partial charge in [0, 0.05) is 12.8 Å². The summed E-state index contributed by atoms with van der Waals surface area (Å²) in [6.45, 7) is 2.82. The molecule has 63 heavy (non-hydrogen) atoms. The van der Waals surface area contributed by atoms with Gasteiger partial charge in [-0.25, -0.2) is 4.57 Å². The molecule has 0 rings (SSSR count). The van der Waals surface area contributed by atoms with E-state index in [1.807, 2.05) is 0 Å². The van der Waals surface area contributed by atoms with Crippen LogP contribution in [-0.4, -0.2) is 59.9 Å². The van der Waals surface area contributed by atoms with E-state index in [-0.39, 0.29) is 19.4 Å². The molecule has 0 radical (unpaired) electrons. The lowest BCUT2D eigenvalue weighted by molar-refractivity contribution is -0.161. The fraction of sp³-hybridized carbons (Fsp3) is 0.863. The largest absolute Gasteiger partial charge is 0.480 e. The summed E-state index contributed by atoms with van der Waals surface area (Å²) < 4.78 is 32.8. The number of phosphoric ester groups is 1. The Labute approximate surface area is 385 Å². The molecule has 0 saturated heterocycles. The first-order chi connectivity index (χ1) is 30.6. The van der Waals surface area contributed by atoms with Crippen LogP contribution in [0.2, 0.25) is 0 Å². The molecule has 0 saturated carbocycles. The minimum atomic E-state index is -4.72. The van der Waals surface area contributed by atoms with E-state index in [0.717, 1.165) is 57.8 Å². The lowest BCUT2D eigenvalue weighted by Gasteiger charge is -2.20. The zero-order valence-electron chi connectivity index (χ0n) is 40.4. The number of carboxylic acids is 1. The van der Waals surface area contributed by atoms with Gasteiger partial charge in [-0.05, 0) is 44.9 Å². The fourth-order valence-corrected chi connectivity index (χ4v) is 8.17. The third kappa shape index (κ3) is 46.3. The Morgan fingerprint density at radius 2 is 0.841 bits per heavy atom. The number of carbonyl (C=O) groups excluding carboxylic acids is 2. The van der Waals surface area contributed by atoms with Crippen LogP contribution in [0.3, 0.4) is 0 Å². The average Bonchev–Trinajstić information content (AvgIpc) is 3.26. The third-order valence-corrected chi connectivity index (χ3v) is 12.4. The number of ether oxygens (including phenoxy) is 2. The molecular formula is C51H96NO10P. The highest BCUT2D eigenvalue weighted by Gasteiger charge is 2.28. The molecule has 12 heteroatoms. The predicted octanol–water partition coefficient (Wildman–Crippen LogP) is 14.6. The van der Waals surface area contributed by atoms with Gasteiger partial charge in [-0.15, -0.1) is 0 Å². The van der Waals surface area contributed by atoms with Crippen molar-refractivity contribution in [1.29, 1.82) is 0 Å². The van der Waals surface area contributed by atoms with Crippen molar-refractivity contribution in [2.45, 2.75) is 264 Å². The Hall–Kier alpha value is -2.04. The van der Waals surface area contributed by atoms with Gasteiger partial charge in [0.25, 0.3) is 0 Å². The van der Waals surface area contributed by atoms with Gasteiger partial charge >= 0.3 is 25.7 Å². The second-order valence-corrected chi connectivity index (χ2v) is 19.1. The van der Waals surface area contributed by atoms with E-state index in [4.69, 9.17) is 24.8 Å². The molecule has 3 atom stereocenters. The SMILES string of the molecule is CCCCC/C=C\C/C=C\CCCCCCCCCC(=O)OC(COC(=O)CCCCCCCCCCCCCCCCCCCCCCCC)COP(=O)(O)OCC(N)C(=O)O. The number of carboxylic acid groups (broad SMARTS) is 1. The number of esters is 2. The molecular weight excluding hydrogens is 818 g/mol. The summed E-state index contributed by atoms with van der Waals surface area (Å²) >= 11 is 0. The molecule has 4 N–H and O–H groups in total. The maximum atomic E-state index is 12.7. The summed E-state index contributed by atoms with van der Waals surface area (Å²) in [7, 11) is -4.72. The van der Waals surface area contributed by atoms with E-state index in [2.05, 4.69) is 42.7 Å². The summed E-state index contributed by atoms with van der Waals surface area (Å²) in [6, 6.07) is -1.52. The molecule has 0 amide bonds. The normalized spacial score (nSPS) is 13.7. The Kier molecular flexibility index (Phi) is 45.0. The number of nitrogens with two attached hydrogens (primary N) is 1. The van der Waals surface area contributed by atoms with Gasteiger partial charge in [-0.2, -0.15) is 0 Å². The molecule has 3 unspecified atom stereocenters. The van der Waals surface area contributed by atoms with Crippen LogP contribution in [0.4, 0.5) is 0 Å². The maximum absolute atomic E-state index is 12.7. The van der Waals surface area contributed by atoms with E-state index in [1.54, 1.807) is 0 Å². The predicted molar refractivity (Wildman–Crippen MR) is 259 cm³/mol. The van der Waals surface area contributed by atoms with Crippen LogP contribution >= 0.6 is 7.82 Å². The van der Waals surface area contributed by atoms with Gasteiger partial charge in [0.05, 0.1) is 13.2 Å². The number of rotatable bonds is 49. The van der Waals surface area contributed by atoms with Gasteiger partial charge in [-0.1, -0.05) is 218 Å². The van der Waals surface area contributed by atoms with Crippen LogP contribution in [0.25, 0.3) is 0 Å². The van der Waals surface area contributed by atoms with Crippen molar-refractivity contribution >= 4 is 25.7 Å². The molecule has 0 aromatic carbocycles. The minimum absolute atomic E-state index is 0.155. The van der Waals surface area contributed by atoms with Gasteiger partial charge < -0.3 is 25.2 Å². The van der Waals surface area contributed by atoms with Crippen molar-refractivity contribution in [1.82, 2.24) is 0 Å². The highest BCUT2D eigenvalue weighted by atomic mass is 31.2. The van der Waals surface area contributed by atoms with Gasteiger partial charge in [0.1, 0.15) is 12.6 Å². The Morgan fingerprint density at radius 1 is 0.492 bits per heavy atom. The topological polar surface area (TPSA) is 172 Å². The van der Waals surface area contributed by atoms with E-state index >= 15 is 0 Å². The fourth-order valence-electron chi connectivity index (χ4n) is 7.39. The Bertz CT molecular complexity index is 1160. The highest BCUT2D eigenvalue weighted by Crippen LogP contribution is 2.43. The van der Waals surface area contributed by atoms with Gasteiger partial charge in [0.2, 0.25) is 0 Å². The lowest BCUT2D eigenvalue weighted by atomic mass is 10.0. The molecule has 0 spiro atoms. The summed E-state index contributed by atoms with van der Waals surface area (Å²) in [5, 5.41) is 8.92. The van der Waals surface area contributed by atoms with E-state index in [9.17, 15) is 23.8 Å². The maximum Gasteiger partial charge on any atom is 0.472 e. The Morgan fingerprint density at radius 3 is 1.27 bits per heavy atom. The van der Waals surface area contributed by atoms with Crippen molar-refractivity contribution in [3.8, 4) is 0 Å². The number of carbonyl (C=O) groups is 3. The first kappa shape index (κ1) is 61.0. The van der Waals surface area contributed by atoms with Crippen LogP contribution in [0.5, 0.6) is 0 Å². The minimum Gasteiger partial charge on any atom is -0.480 e. The molecule has 0 aromatic heterocycles. The smallest absolute Gasteiger partial charge is 0.472 e. The van der Waals surface area contributed by atoms with Crippen molar-refractivity contribution < 1.29 is 47.5 Å². The molecule has 11 nitrogen and oxygen atoms in total. The standard InChI is InChI=1S/C51H96NO10P/c1-3-5-7-9-11-13-15-17-19-21-22-23-24-25-27-28-30-32-34-36-38-40-42-49(53)59-44-47(45-60-63(57,58)61-46-48(52)51(55)56)62-50(54)43-41-39-37-35-33-31-29-26-20-18-16-14-12-10-8-6-4-2/h12,14,18,20,47-48H,3-11,13,15-17,19,21-46,52H2,1-2H3,(H,55,56)(H,57,58)/b14-12-,20-18-. The number of unbranched alkanes of at least 4 members (excludes halogenated alkanes) is 31. The average molecular weight is 914 g/mol. The molecule has 370 valence electrons. The number of phosphoric acid groups is 1. The van der Waals surface area contributed by atoms with Crippen LogP contribution in [0.1, 0.15) is 251 Å². The third-order valence-electron chi connectivity index (χ3n) is 11.5. The second-order valence-electron chi connectivity index (χ2n) is 17.7. The number of aliphatic carboxylic acids is 1. The first-order valence-corrected chi connectivity index (χ1v) is 27.4. The summed E-state index contributed by atoms with van der Waals surface area (Å²) in [5.74, 6) is -2.37. The lowest BCUT2D eigenvalue weighted by Crippen LogP contribution is -2.34. The van der Waals surface area contributed by atoms with Crippen molar-refractivity contribution in [3.05, 3.63) is 24.3 Å². The second kappa shape index (κ2) is 46.5. The molecule has 0 heterocycles. The van der Waals surface area contributed by atoms with Crippen molar-refractivity contribution in [2.75, 3.05) is 19.8 Å². The monoisotopic (exact) mass is 914 g/mol. The summed E-state index contributed by atoms with van der Waals surface area (Å²) in [6.07, 6.45) is 51.0. The Balaban J connectivity index is 4.20. The summed E-state index contributed by atoms with van der Waals surface area (Å²) in [4.78, 5) is 46.2. The number of hydrogen-bond donors (Lipinski definition) is 3. The van der Waals surface area contributed by atoms with Crippen LogP contribution in [0, 0.1) is 0 Å². The van der Waals surface area contributed by atoms with E-state index in [0.29, 0.717) is 12.8 Å². The van der Waals surface area contributed by atoms with Crippen molar-refractivity contribution in [2.24, 2.45) is 5.73 Å². The molecule has 0 aromatic rings. The van der Waals surface area contributed by atoms with Crippen molar-refractivity contribution in [3.63, 3.8) is 0 Å². The van der Waals surface area contributed by atoms with Crippen LogP contribution in [0.15, 0.2) is 24.3 Å². The molecule has 0 aliphatic rings. The highest BCUT2D eigenvalue weighted by molar-refractivity contribution is 7.47. The first-order valence-electron chi connectivity index (χ1n) is 25.9. The number of hydrogen-bond acceptors (Lipinski definition) is 9. The molecule has 0 aliphatic heterocycles. The molecule has 0 bridgehead atoms. The number of allylic oxidation sites excluding steroid dienone is 4. The summed E-state index contributed by atoms with van der Waals surface area (Å²) in [5.41, 5.74) is 5.35. The zero-order chi connectivity index (χ0) is 46.3. The zero-order valence-corrected chi connectivity index (χ0v) is 41.3. The van der Waals surface area contributed by atoms with E-state index < -0.39 is 51.1 Å². The quantitative estimate of drug-likeness (QED) is 0.0230. The molecule has 0 aliphatic carbocycles. The van der Waals surface area contributed by atoms with Crippen LogP contribution in [-0.2, 0) is 37.5 Å².